The molecule has 20 heavy (non-hydrogen) atoms. The van der Waals surface area contributed by atoms with Crippen molar-refractivity contribution in [1.29, 1.82) is 0 Å². The number of thioether (sulfide) groups is 1. The molecule has 2 aromatic carbocycles. The van der Waals surface area contributed by atoms with Crippen LogP contribution in [0.2, 0.25) is 0 Å². The Bertz CT molecular complexity index is 790. The summed E-state index contributed by atoms with van der Waals surface area (Å²) in [6, 6.07) is 13.6. The minimum absolute atomic E-state index is 0.0852. The smallest absolute Gasteiger partial charge is 0.293 e. The SMILES string of the molecule is CSc1c(N=O)oc(O)c1-c1cccc2ccccc12. The maximum Gasteiger partial charge on any atom is 0.293 e. The molecule has 0 aliphatic heterocycles. The van der Waals surface area contributed by atoms with Gasteiger partial charge in [0.15, 0.2) is 0 Å². The molecule has 0 radical (unpaired) electrons. The molecule has 0 aliphatic carbocycles. The fraction of sp³-hybridized carbons (Fsp3) is 0.0667. The van der Waals surface area contributed by atoms with E-state index in [0.717, 1.165) is 16.3 Å². The Kier molecular flexibility index (Phi) is 3.20. The largest absolute Gasteiger partial charge is 0.480 e. The minimum Gasteiger partial charge on any atom is -0.480 e. The summed E-state index contributed by atoms with van der Waals surface area (Å²) >= 11 is 1.32. The average Bonchev–Trinajstić information content (AvgIpc) is 2.82. The number of aromatic hydroxyl groups is 1. The van der Waals surface area contributed by atoms with Crippen LogP contribution in [0, 0.1) is 4.91 Å². The van der Waals surface area contributed by atoms with Gasteiger partial charge in [0, 0.05) is 5.18 Å². The van der Waals surface area contributed by atoms with Gasteiger partial charge in [-0.05, 0) is 22.6 Å². The van der Waals surface area contributed by atoms with Gasteiger partial charge in [0.05, 0.1) is 10.5 Å². The van der Waals surface area contributed by atoms with Crippen LogP contribution in [0.5, 0.6) is 5.95 Å². The first-order valence-corrected chi connectivity index (χ1v) is 7.20. The molecule has 4 nitrogen and oxygen atoms in total. The minimum atomic E-state index is -0.277. The van der Waals surface area contributed by atoms with E-state index in [2.05, 4.69) is 5.18 Å². The number of hydrogen-bond donors (Lipinski definition) is 1. The molecule has 0 aliphatic rings. The van der Waals surface area contributed by atoms with Crippen LogP contribution >= 0.6 is 11.8 Å². The molecule has 0 amide bonds. The Morgan fingerprint density at radius 1 is 1.15 bits per heavy atom. The van der Waals surface area contributed by atoms with E-state index >= 15 is 0 Å². The van der Waals surface area contributed by atoms with Crippen LogP contribution in [0.25, 0.3) is 21.9 Å². The van der Waals surface area contributed by atoms with Crippen molar-refractivity contribution in [3.05, 3.63) is 47.4 Å². The van der Waals surface area contributed by atoms with Crippen molar-refractivity contribution in [2.75, 3.05) is 6.26 Å². The number of rotatable bonds is 3. The molecule has 5 heteroatoms. The van der Waals surface area contributed by atoms with Gasteiger partial charge < -0.3 is 9.52 Å². The van der Waals surface area contributed by atoms with Gasteiger partial charge in [0.25, 0.3) is 11.8 Å². The van der Waals surface area contributed by atoms with Crippen LogP contribution in [-0.2, 0) is 0 Å². The topological polar surface area (TPSA) is 62.8 Å². The lowest BCUT2D eigenvalue weighted by atomic mass is 10.00. The van der Waals surface area contributed by atoms with Gasteiger partial charge in [-0.1, -0.05) is 42.5 Å². The lowest BCUT2D eigenvalue weighted by Crippen LogP contribution is -1.81. The van der Waals surface area contributed by atoms with Crippen molar-refractivity contribution in [3.63, 3.8) is 0 Å². The molecule has 0 spiro atoms. The molecule has 0 atom stereocenters. The highest BCUT2D eigenvalue weighted by atomic mass is 32.2. The second kappa shape index (κ2) is 5.02. The summed E-state index contributed by atoms with van der Waals surface area (Å²) in [6.45, 7) is 0. The number of nitrogens with zero attached hydrogens (tertiary/aromatic N) is 1. The zero-order valence-electron chi connectivity index (χ0n) is 10.7. The van der Waals surface area contributed by atoms with Gasteiger partial charge >= 0.3 is 0 Å². The molecule has 0 saturated carbocycles. The zero-order chi connectivity index (χ0) is 14.1. The first-order valence-electron chi connectivity index (χ1n) is 5.97. The van der Waals surface area contributed by atoms with E-state index in [1.165, 1.54) is 11.8 Å². The van der Waals surface area contributed by atoms with Crippen LogP contribution in [-0.4, -0.2) is 11.4 Å². The quantitative estimate of drug-likeness (QED) is 0.547. The third-order valence-corrected chi connectivity index (χ3v) is 3.96. The number of hydrogen-bond acceptors (Lipinski definition) is 5. The Balaban J connectivity index is 2.36. The molecule has 0 fully saturated rings. The maximum absolute atomic E-state index is 10.8. The Hall–Kier alpha value is -2.27. The van der Waals surface area contributed by atoms with Crippen LogP contribution in [0.1, 0.15) is 0 Å². The van der Waals surface area contributed by atoms with Crippen molar-refractivity contribution in [3.8, 4) is 17.1 Å². The number of fused-ring (bicyclic) bond motifs is 1. The average molecular weight is 285 g/mol. The summed E-state index contributed by atoms with van der Waals surface area (Å²) in [6.07, 6.45) is 1.81. The lowest BCUT2D eigenvalue weighted by molar-refractivity contribution is 0.339. The van der Waals surface area contributed by atoms with Gasteiger partial charge in [0.2, 0.25) is 0 Å². The predicted octanol–water partition coefficient (Wildman–Crippen LogP) is 4.93. The monoisotopic (exact) mass is 285 g/mol. The van der Waals surface area contributed by atoms with Gasteiger partial charge in [-0.2, -0.15) is 0 Å². The van der Waals surface area contributed by atoms with Crippen molar-refractivity contribution >= 4 is 28.4 Å². The van der Waals surface area contributed by atoms with E-state index in [4.69, 9.17) is 4.42 Å². The first kappa shape index (κ1) is 12.7. The molecule has 1 heterocycles. The molecular weight excluding hydrogens is 274 g/mol. The van der Waals surface area contributed by atoms with Crippen LogP contribution in [0.4, 0.5) is 5.88 Å². The number of furan rings is 1. The van der Waals surface area contributed by atoms with Crippen LogP contribution in [0.15, 0.2) is 57.0 Å². The zero-order valence-corrected chi connectivity index (χ0v) is 11.5. The predicted molar refractivity (Wildman–Crippen MR) is 80.6 cm³/mol. The Labute approximate surface area is 119 Å². The summed E-state index contributed by atoms with van der Waals surface area (Å²) in [5, 5.41) is 14.9. The highest BCUT2D eigenvalue weighted by molar-refractivity contribution is 7.98. The summed E-state index contributed by atoms with van der Waals surface area (Å²) in [5.74, 6) is -0.363. The van der Waals surface area contributed by atoms with Gasteiger partial charge in [-0.3, -0.25) is 0 Å². The summed E-state index contributed by atoms with van der Waals surface area (Å²) in [4.78, 5) is 11.3. The molecule has 100 valence electrons. The van der Waals surface area contributed by atoms with E-state index in [-0.39, 0.29) is 11.8 Å². The van der Waals surface area contributed by atoms with E-state index in [1.54, 1.807) is 0 Å². The normalized spacial score (nSPS) is 10.8. The van der Waals surface area contributed by atoms with E-state index in [9.17, 15) is 10.0 Å². The van der Waals surface area contributed by atoms with E-state index in [0.29, 0.717) is 10.5 Å². The van der Waals surface area contributed by atoms with Crippen molar-refractivity contribution < 1.29 is 9.52 Å². The van der Waals surface area contributed by atoms with E-state index in [1.807, 2.05) is 48.7 Å². The highest BCUT2D eigenvalue weighted by Gasteiger charge is 2.22. The van der Waals surface area contributed by atoms with Crippen molar-refractivity contribution in [1.82, 2.24) is 0 Å². The molecule has 0 saturated heterocycles. The van der Waals surface area contributed by atoms with Crippen LogP contribution in [0.3, 0.4) is 0 Å². The standard InChI is InChI=1S/C15H11NO3S/c1-20-13-12(15(17)19-14(13)16-18)11-8-4-6-9-5-2-3-7-10(9)11/h2-8,17H,1H3. The summed E-state index contributed by atoms with van der Waals surface area (Å²) < 4.78 is 5.04. The molecular formula is C15H11NO3S. The molecule has 1 N–H and O–H groups in total. The summed E-state index contributed by atoms with van der Waals surface area (Å²) in [5.41, 5.74) is 1.34. The second-order valence-corrected chi connectivity index (χ2v) is 5.06. The molecule has 0 bridgehead atoms. The summed E-state index contributed by atoms with van der Waals surface area (Å²) in [7, 11) is 0. The second-order valence-electron chi connectivity index (χ2n) is 4.24. The Morgan fingerprint density at radius 2 is 1.90 bits per heavy atom. The Morgan fingerprint density at radius 3 is 2.65 bits per heavy atom. The van der Waals surface area contributed by atoms with Crippen molar-refractivity contribution in [2.24, 2.45) is 5.18 Å². The van der Waals surface area contributed by atoms with E-state index < -0.39 is 0 Å². The highest BCUT2D eigenvalue weighted by Crippen LogP contribution is 2.47. The molecule has 0 unspecified atom stereocenters. The van der Waals surface area contributed by atoms with Gasteiger partial charge in [-0.15, -0.1) is 16.7 Å². The molecule has 1 aromatic heterocycles. The fourth-order valence-electron chi connectivity index (χ4n) is 2.32. The maximum atomic E-state index is 10.8. The third kappa shape index (κ3) is 1.87. The van der Waals surface area contributed by atoms with Crippen molar-refractivity contribution in [2.45, 2.75) is 4.90 Å². The van der Waals surface area contributed by atoms with Gasteiger partial charge in [-0.25, -0.2) is 0 Å². The third-order valence-electron chi connectivity index (χ3n) is 3.17. The van der Waals surface area contributed by atoms with Gasteiger partial charge in [0.1, 0.15) is 0 Å². The first-order chi connectivity index (χ1) is 9.76. The molecule has 3 rings (SSSR count). The lowest BCUT2D eigenvalue weighted by Gasteiger charge is -2.06. The molecule has 3 aromatic rings. The number of nitroso groups, excluding NO2 is 1. The number of benzene rings is 2. The van der Waals surface area contributed by atoms with Crippen LogP contribution < -0.4 is 0 Å². The fourth-order valence-corrected chi connectivity index (χ4v) is 2.98.